The maximum absolute atomic E-state index is 14.8. The molecule has 2 atom stereocenters. The van der Waals surface area contributed by atoms with Crippen molar-refractivity contribution in [1.29, 1.82) is 0 Å². The van der Waals surface area contributed by atoms with Crippen molar-refractivity contribution < 1.29 is 23.2 Å². The number of nitrogens with one attached hydrogen (secondary N) is 3. The molecule has 0 bridgehead atoms. The van der Waals surface area contributed by atoms with Gasteiger partial charge in [0.05, 0.1) is 24.5 Å². The van der Waals surface area contributed by atoms with Crippen LogP contribution in [0, 0.1) is 5.82 Å². The molecule has 1 aromatic carbocycles. The molecular weight excluding hydrogens is 395 g/mol. The van der Waals surface area contributed by atoms with E-state index in [9.17, 15) is 14.0 Å². The number of benzene rings is 1. The minimum Gasteiger partial charge on any atom is -0.442 e. The summed E-state index contributed by atoms with van der Waals surface area (Å²) in [5.41, 5.74) is 0.876. The summed E-state index contributed by atoms with van der Waals surface area (Å²) in [6.07, 6.45) is 1.25. The Morgan fingerprint density at radius 2 is 2.20 bits per heavy atom. The first-order chi connectivity index (χ1) is 14.5. The van der Waals surface area contributed by atoms with E-state index < -0.39 is 18.0 Å². The highest BCUT2D eigenvalue weighted by Crippen LogP contribution is 2.29. The van der Waals surface area contributed by atoms with Crippen molar-refractivity contribution in [3.8, 4) is 0 Å². The van der Waals surface area contributed by atoms with E-state index in [1.54, 1.807) is 25.2 Å². The van der Waals surface area contributed by atoms with Crippen LogP contribution in [0.25, 0.3) is 0 Å². The lowest BCUT2D eigenvalue weighted by Crippen LogP contribution is -2.42. The molecule has 10 nitrogen and oxygen atoms in total. The van der Waals surface area contributed by atoms with Crippen LogP contribution in [0.5, 0.6) is 0 Å². The fraction of sp³-hybridized carbons (Fsp3) is 0.421. The largest absolute Gasteiger partial charge is 0.442 e. The average Bonchev–Trinajstić information content (AvgIpc) is 3.47. The molecule has 0 aliphatic carbocycles. The lowest BCUT2D eigenvalue weighted by Gasteiger charge is -2.21. The van der Waals surface area contributed by atoms with Gasteiger partial charge in [0.15, 0.2) is 5.82 Å². The molecule has 3 heterocycles. The maximum Gasteiger partial charge on any atom is 0.414 e. The molecule has 0 unspecified atom stereocenters. The number of urea groups is 1. The minimum absolute atomic E-state index is 0.0458. The first kappa shape index (κ1) is 19.8. The molecule has 2 aromatic rings. The zero-order valence-electron chi connectivity index (χ0n) is 16.4. The summed E-state index contributed by atoms with van der Waals surface area (Å²) in [5, 5.41) is 12.1. The predicted octanol–water partition coefficient (Wildman–Crippen LogP) is 1.76. The Bertz CT molecular complexity index is 908. The van der Waals surface area contributed by atoms with Crippen molar-refractivity contribution in [3.63, 3.8) is 0 Å². The van der Waals surface area contributed by atoms with Gasteiger partial charge >= 0.3 is 12.1 Å². The van der Waals surface area contributed by atoms with E-state index in [-0.39, 0.29) is 12.1 Å². The fourth-order valence-corrected chi connectivity index (χ4v) is 3.64. The monoisotopic (exact) mass is 418 g/mol. The number of hydrogen-bond acceptors (Lipinski definition) is 7. The first-order valence-corrected chi connectivity index (χ1v) is 9.68. The number of cyclic esters (lactones) is 1. The van der Waals surface area contributed by atoms with Gasteiger partial charge < -0.3 is 30.1 Å². The van der Waals surface area contributed by atoms with Gasteiger partial charge in [-0.2, -0.15) is 0 Å². The van der Waals surface area contributed by atoms with Gasteiger partial charge in [0.25, 0.3) is 0 Å². The second-order valence-electron chi connectivity index (χ2n) is 7.17. The van der Waals surface area contributed by atoms with Gasteiger partial charge in [0.1, 0.15) is 18.2 Å². The van der Waals surface area contributed by atoms with Gasteiger partial charge in [0.2, 0.25) is 0 Å². The third-order valence-corrected chi connectivity index (χ3v) is 5.16. The van der Waals surface area contributed by atoms with Gasteiger partial charge in [-0.25, -0.2) is 14.0 Å². The second-order valence-corrected chi connectivity index (χ2v) is 7.17. The summed E-state index contributed by atoms with van der Waals surface area (Å²) in [6, 6.07) is 6.06. The molecule has 0 radical (unpaired) electrons. The van der Waals surface area contributed by atoms with Crippen LogP contribution in [-0.2, 0) is 4.74 Å². The molecule has 0 spiro atoms. The molecule has 2 fully saturated rings. The number of aromatic nitrogens is 1. The summed E-state index contributed by atoms with van der Waals surface area (Å²) in [5.74, 6) is 0.125. The van der Waals surface area contributed by atoms with Crippen LogP contribution in [0.2, 0.25) is 0 Å². The Morgan fingerprint density at radius 1 is 1.33 bits per heavy atom. The van der Waals surface area contributed by atoms with Gasteiger partial charge in [-0.1, -0.05) is 5.16 Å². The zero-order chi connectivity index (χ0) is 21.1. The van der Waals surface area contributed by atoms with Crippen molar-refractivity contribution in [2.45, 2.75) is 18.6 Å². The van der Waals surface area contributed by atoms with Crippen molar-refractivity contribution in [2.75, 3.05) is 48.3 Å². The minimum atomic E-state index is -0.523. The Kier molecular flexibility index (Phi) is 5.59. The van der Waals surface area contributed by atoms with E-state index in [1.165, 1.54) is 17.2 Å². The van der Waals surface area contributed by atoms with E-state index in [2.05, 4.69) is 21.1 Å². The fourth-order valence-electron chi connectivity index (χ4n) is 3.64. The van der Waals surface area contributed by atoms with Gasteiger partial charge in [-0.3, -0.25) is 4.90 Å². The summed E-state index contributed by atoms with van der Waals surface area (Å²) in [7, 11) is 1.55. The number of anilines is 3. The Hall–Kier alpha value is -3.50. The molecule has 2 saturated heterocycles. The van der Waals surface area contributed by atoms with E-state index in [4.69, 9.17) is 9.26 Å². The van der Waals surface area contributed by atoms with Crippen molar-refractivity contribution in [1.82, 2.24) is 15.8 Å². The standard InChI is InChI=1S/C19H23FN6O4/c1-21-18(27)23-12-4-6-25(10-12)16-3-2-13(8-15(16)20)26-11-14(30-19(26)28)9-22-17-5-7-29-24-17/h2-3,5,7-8,12,14H,4,6,9-11H2,1H3,(H,22,24)(H2,21,23,27)/t12-,14+/m1/s1. The number of halogens is 1. The Balaban J connectivity index is 1.37. The molecule has 30 heavy (non-hydrogen) atoms. The second kappa shape index (κ2) is 8.47. The molecule has 3 amide bonds. The van der Waals surface area contributed by atoms with Crippen molar-refractivity contribution in [3.05, 3.63) is 36.3 Å². The van der Waals surface area contributed by atoms with Crippen LogP contribution in [0.3, 0.4) is 0 Å². The number of amides is 3. The summed E-state index contributed by atoms with van der Waals surface area (Å²) in [6.45, 7) is 1.81. The smallest absolute Gasteiger partial charge is 0.414 e. The lowest BCUT2D eigenvalue weighted by atomic mass is 10.2. The Labute approximate surface area is 172 Å². The van der Waals surface area contributed by atoms with E-state index in [0.29, 0.717) is 43.4 Å². The first-order valence-electron chi connectivity index (χ1n) is 9.68. The van der Waals surface area contributed by atoms with Crippen LogP contribution in [0.15, 0.2) is 35.1 Å². The third-order valence-electron chi connectivity index (χ3n) is 5.16. The highest BCUT2D eigenvalue weighted by Gasteiger charge is 2.33. The molecule has 3 N–H and O–H groups in total. The summed E-state index contributed by atoms with van der Waals surface area (Å²) < 4.78 is 24.9. The van der Waals surface area contributed by atoms with Crippen LogP contribution >= 0.6 is 0 Å². The molecule has 4 rings (SSSR count). The van der Waals surface area contributed by atoms with Crippen molar-refractivity contribution >= 4 is 29.3 Å². The number of carbonyl (C=O) groups is 2. The molecular formula is C19H23FN6O4. The number of rotatable bonds is 6. The van der Waals surface area contributed by atoms with Crippen LogP contribution < -0.4 is 25.8 Å². The molecule has 2 aliphatic rings. The quantitative estimate of drug-likeness (QED) is 0.655. The van der Waals surface area contributed by atoms with E-state index in [1.807, 2.05) is 4.90 Å². The van der Waals surface area contributed by atoms with Crippen LogP contribution in [-0.4, -0.2) is 62.7 Å². The van der Waals surface area contributed by atoms with E-state index >= 15 is 0 Å². The average molecular weight is 418 g/mol. The maximum atomic E-state index is 14.8. The molecule has 0 saturated carbocycles. The van der Waals surface area contributed by atoms with Crippen molar-refractivity contribution in [2.24, 2.45) is 0 Å². The third kappa shape index (κ3) is 4.24. The highest BCUT2D eigenvalue weighted by atomic mass is 19.1. The Morgan fingerprint density at radius 3 is 2.93 bits per heavy atom. The van der Waals surface area contributed by atoms with Gasteiger partial charge in [-0.15, -0.1) is 0 Å². The predicted molar refractivity (Wildman–Crippen MR) is 107 cm³/mol. The molecule has 1 aromatic heterocycles. The molecule has 2 aliphatic heterocycles. The number of ether oxygens (including phenoxy) is 1. The van der Waals surface area contributed by atoms with Gasteiger partial charge in [0, 0.05) is 32.2 Å². The SMILES string of the molecule is CNC(=O)N[C@@H]1CCN(c2ccc(N3C[C@H](CNc4ccon4)OC3=O)cc2F)C1. The lowest BCUT2D eigenvalue weighted by molar-refractivity contribution is 0.147. The number of nitrogens with zero attached hydrogens (tertiary/aromatic N) is 3. The summed E-state index contributed by atoms with van der Waals surface area (Å²) in [4.78, 5) is 27.0. The number of carbonyl (C=O) groups excluding carboxylic acids is 2. The molecule has 11 heteroatoms. The number of hydrogen-bond donors (Lipinski definition) is 3. The summed E-state index contributed by atoms with van der Waals surface area (Å²) >= 11 is 0. The highest BCUT2D eigenvalue weighted by molar-refractivity contribution is 5.90. The van der Waals surface area contributed by atoms with Crippen LogP contribution in [0.4, 0.5) is 31.2 Å². The van der Waals surface area contributed by atoms with E-state index in [0.717, 1.165) is 6.42 Å². The zero-order valence-corrected chi connectivity index (χ0v) is 16.4. The molecule has 160 valence electrons. The van der Waals surface area contributed by atoms with Gasteiger partial charge in [-0.05, 0) is 24.6 Å². The topological polar surface area (TPSA) is 112 Å². The van der Waals surface area contributed by atoms with Crippen LogP contribution in [0.1, 0.15) is 6.42 Å². The normalized spacial score (nSPS) is 20.9.